The van der Waals surface area contributed by atoms with E-state index in [1.54, 1.807) is 12.1 Å². The topological polar surface area (TPSA) is 58.6 Å². The van der Waals surface area contributed by atoms with Crippen LogP contribution in [-0.2, 0) is 4.79 Å². The molecule has 2 N–H and O–H groups in total. The average molecular weight is 267 g/mol. The van der Waals surface area contributed by atoms with Crippen LogP contribution in [0.15, 0.2) is 24.3 Å². The van der Waals surface area contributed by atoms with Crippen LogP contribution in [0.1, 0.15) is 19.3 Å². The summed E-state index contributed by atoms with van der Waals surface area (Å²) in [6.07, 6.45) is 2.72. The number of ether oxygens (including phenoxy) is 1. The molecular weight excluding hydrogens is 249 g/mol. The van der Waals surface area contributed by atoms with Crippen LogP contribution in [0.4, 0.5) is 4.39 Å². The smallest absolute Gasteiger partial charge is 0.258 e. The Kier molecular flexibility index (Phi) is 4.74. The fourth-order valence-electron chi connectivity index (χ4n) is 2.02. The van der Waals surface area contributed by atoms with Gasteiger partial charge in [-0.3, -0.25) is 4.79 Å². The molecular formula is C14H18FNO3. The third-order valence-corrected chi connectivity index (χ3v) is 3.17. The van der Waals surface area contributed by atoms with Gasteiger partial charge in [-0.05, 0) is 37.3 Å². The number of nitrogens with one attached hydrogen (secondary N) is 1. The maximum absolute atomic E-state index is 13.3. The zero-order valence-electron chi connectivity index (χ0n) is 10.6. The molecule has 0 bridgehead atoms. The molecule has 0 aromatic heterocycles. The van der Waals surface area contributed by atoms with Gasteiger partial charge in [-0.2, -0.15) is 0 Å². The number of hydrogen-bond donors (Lipinski definition) is 2. The van der Waals surface area contributed by atoms with E-state index >= 15 is 0 Å². The molecule has 0 radical (unpaired) electrons. The first kappa shape index (κ1) is 13.8. The molecule has 1 aliphatic rings. The molecule has 1 unspecified atom stereocenters. The summed E-state index contributed by atoms with van der Waals surface area (Å²) in [6.45, 7) is -0.162. The van der Waals surface area contributed by atoms with Crippen LogP contribution >= 0.6 is 0 Å². The van der Waals surface area contributed by atoms with Crippen LogP contribution < -0.4 is 10.1 Å². The van der Waals surface area contributed by atoms with E-state index in [0.29, 0.717) is 12.3 Å². The van der Waals surface area contributed by atoms with Gasteiger partial charge in [0.05, 0.1) is 0 Å². The number of para-hydroxylation sites is 1. The Morgan fingerprint density at radius 3 is 2.84 bits per heavy atom. The van der Waals surface area contributed by atoms with Gasteiger partial charge in [0.1, 0.15) is 0 Å². The van der Waals surface area contributed by atoms with Crippen LogP contribution in [0.3, 0.4) is 0 Å². The van der Waals surface area contributed by atoms with E-state index in [2.05, 4.69) is 5.32 Å². The van der Waals surface area contributed by atoms with Crippen molar-refractivity contribution in [3.63, 3.8) is 0 Å². The van der Waals surface area contributed by atoms with Crippen molar-refractivity contribution in [3.8, 4) is 5.75 Å². The van der Waals surface area contributed by atoms with Crippen molar-refractivity contribution in [2.45, 2.75) is 25.3 Å². The highest BCUT2D eigenvalue weighted by Gasteiger charge is 2.31. The molecule has 1 atom stereocenters. The predicted octanol–water partition coefficient (Wildman–Crippen LogP) is 1.48. The highest BCUT2D eigenvalue weighted by atomic mass is 19.1. The molecule has 0 aliphatic heterocycles. The lowest BCUT2D eigenvalue weighted by atomic mass is 10.1. The first-order chi connectivity index (χ1) is 9.20. The van der Waals surface area contributed by atoms with Gasteiger partial charge in [-0.25, -0.2) is 4.39 Å². The van der Waals surface area contributed by atoms with Gasteiger partial charge in [0.2, 0.25) is 0 Å². The number of carbonyl (C=O) groups is 1. The second kappa shape index (κ2) is 6.52. The molecule has 0 spiro atoms. The summed E-state index contributed by atoms with van der Waals surface area (Å²) in [5.41, 5.74) is 0. The molecule has 0 saturated heterocycles. The van der Waals surface area contributed by atoms with Crippen molar-refractivity contribution in [1.82, 2.24) is 5.32 Å². The van der Waals surface area contributed by atoms with E-state index in [1.807, 2.05) is 0 Å². The molecule has 2 rings (SSSR count). The quantitative estimate of drug-likeness (QED) is 0.786. The van der Waals surface area contributed by atoms with Crippen molar-refractivity contribution < 1.29 is 19.0 Å². The third kappa shape index (κ3) is 4.21. The van der Waals surface area contributed by atoms with Crippen LogP contribution in [-0.4, -0.2) is 30.3 Å². The van der Waals surface area contributed by atoms with Crippen LogP contribution in [0.5, 0.6) is 5.75 Å². The van der Waals surface area contributed by atoms with E-state index in [4.69, 9.17) is 9.84 Å². The number of hydrogen-bond acceptors (Lipinski definition) is 3. The molecule has 1 aromatic rings. The Balaban J connectivity index is 1.79. The summed E-state index contributed by atoms with van der Waals surface area (Å²) in [5, 5.41) is 11.8. The summed E-state index contributed by atoms with van der Waals surface area (Å²) in [7, 11) is 0. The van der Waals surface area contributed by atoms with Crippen LogP contribution in [0, 0.1) is 11.7 Å². The van der Waals surface area contributed by atoms with Gasteiger partial charge in [-0.1, -0.05) is 12.1 Å². The van der Waals surface area contributed by atoms with Crippen molar-refractivity contribution >= 4 is 5.91 Å². The standard InChI is InChI=1S/C14H18FNO3/c15-11-3-1-2-4-13(11)19-9-14(18)16-12(7-8-17)10-5-6-10/h1-4,10,12,17H,5-9H2,(H,16,18). The minimum Gasteiger partial charge on any atom is -0.481 e. The van der Waals surface area contributed by atoms with E-state index in [1.165, 1.54) is 12.1 Å². The summed E-state index contributed by atoms with van der Waals surface area (Å²) in [5.74, 6) is -0.231. The van der Waals surface area contributed by atoms with Crippen LogP contribution in [0.2, 0.25) is 0 Å². The number of halogens is 1. The lowest BCUT2D eigenvalue weighted by Crippen LogP contribution is -2.39. The van der Waals surface area contributed by atoms with Gasteiger partial charge < -0.3 is 15.2 Å². The fourth-order valence-corrected chi connectivity index (χ4v) is 2.02. The summed E-state index contributed by atoms with van der Waals surface area (Å²) in [6, 6.07) is 5.98. The molecule has 19 heavy (non-hydrogen) atoms. The van der Waals surface area contributed by atoms with Crippen molar-refractivity contribution in [2.24, 2.45) is 5.92 Å². The molecule has 5 heteroatoms. The molecule has 1 fully saturated rings. The molecule has 4 nitrogen and oxygen atoms in total. The maximum atomic E-state index is 13.3. The SMILES string of the molecule is O=C(COc1ccccc1F)NC(CCO)C1CC1. The predicted molar refractivity (Wildman–Crippen MR) is 68.3 cm³/mol. The Labute approximate surface area is 111 Å². The van der Waals surface area contributed by atoms with Crippen LogP contribution in [0.25, 0.3) is 0 Å². The zero-order chi connectivity index (χ0) is 13.7. The van der Waals surface area contributed by atoms with Gasteiger partial charge in [0.25, 0.3) is 5.91 Å². The van der Waals surface area contributed by atoms with Gasteiger partial charge in [-0.15, -0.1) is 0 Å². The normalized spacial score (nSPS) is 15.9. The first-order valence-corrected chi connectivity index (χ1v) is 6.48. The summed E-state index contributed by atoms with van der Waals surface area (Å²) < 4.78 is 18.4. The number of amides is 1. The van der Waals surface area contributed by atoms with E-state index < -0.39 is 5.82 Å². The fraction of sp³-hybridized carbons (Fsp3) is 0.500. The Morgan fingerprint density at radius 1 is 1.47 bits per heavy atom. The van der Waals surface area contributed by atoms with E-state index in [-0.39, 0.29) is 30.9 Å². The maximum Gasteiger partial charge on any atom is 0.258 e. The second-order valence-corrected chi connectivity index (χ2v) is 4.74. The monoisotopic (exact) mass is 267 g/mol. The Hall–Kier alpha value is -1.62. The molecule has 0 heterocycles. The minimum atomic E-state index is -0.482. The number of benzene rings is 1. The molecule has 1 saturated carbocycles. The number of rotatable bonds is 7. The molecule has 104 valence electrons. The lowest BCUT2D eigenvalue weighted by Gasteiger charge is -2.17. The highest BCUT2D eigenvalue weighted by molar-refractivity contribution is 5.77. The largest absolute Gasteiger partial charge is 0.481 e. The second-order valence-electron chi connectivity index (χ2n) is 4.74. The summed E-state index contributed by atoms with van der Waals surface area (Å²) in [4.78, 5) is 11.7. The number of carbonyl (C=O) groups excluding carboxylic acids is 1. The van der Waals surface area contributed by atoms with E-state index in [9.17, 15) is 9.18 Å². The Bertz CT molecular complexity index is 434. The first-order valence-electron chi connectivity index (χ1n) is 6.48. The molecule has 1 aromatic carbocycles. The number of aliphatic hydroxyl groups excluding tert-OH is 1. The van der Waals surface area contributed by atoms with Gasteiger partial charge in [0, 0.05) is 12.6 Å². The third-order valence-electron chi connectivity index (χ3n) is 3.17. The highest BCUT2D eigenvalue weighted by Crippen LogP contribution is 2.33. The zero-order valence-corrected chi connectivity index (χ0v) is 10.6. The van der Waals surface area contributed by atoms with E-state index in [0.717, 1.165) is 12.8 Å². The van der Waals surface area contributed by atoms with Crippen molar-refractivity contribution in [3.05, 3.63) is 30.1 Å². The molecule has 1 amide bonds. The lowest BCUT2D eigenvalue weighted by molar-refractivity contribution is -0.124. The molecule has 1 aliphatic carbocycles. The minimum absolute atomic E-state index is 0.00159. The average Bonchev–Trinajstić information content (AvgIpc) is 3.21. The Morgan fingerprint density at radius 2 is 2.21 bits per heavy atom. The summed E-state index contributed by atoms with van der Waals surface area (Å²) >= 11 is 0. The number of aliphatic hydroxyl groups is 1. The van der Waals surface area contributed by atoms with Gasteiger partial charge in [0.15, 0.2) is 18.2 Å². The van der Waals surface area contributed by atoms with Crippen molar-refractivity contribution in [1.29, 1.82) is 0 Å². The van der Waals surface area contributed by atoms with Crippen molar-refractivity contribution in [2.75, 3.05) is 13.2 Å². The van der Waals surface area contributed by atoms with Gasteiger partial charge >= 0.3 is 0 Å².